The Balaban J connectivity index is 1.38. The zero-order valence-electron chi connectivity index (χ0n) is 17.6. The Kier molecular flexibility index (Phi) is 8.44. The molecule has 0 fully saturated rings. The van der Waals surface area contributed by atoms with Crippen molar-refractivity contribution in [3.63, 3.8) is 0 Å². The number of nitrogens with zero attached hydrogens (tertiary/aromatic N) is 1. The standard InChI is InChI=1S/C23H25N3O5S/c1-16(11-12-24-23(29)30-15-17-5-3-2-4-6-17)31-19-9-7-18(8-10-19)21-25-13-20(32-21)14-26-22(27)28/h2-10,13,16,26H,11-12,14-15H2,1H3,(H,24,29)(H,27,28). The molecule has 1 heterocycles. The monoisotopic (exact) mass is 455 g/mol. The van der Waals surface area contributed by atoms with Crippen LogP contribution < -0.4 is 15.4 Å². The summed E-state index contributed by atoms with van der Waals surface area (Å²) in [6, 6.07) is 17.1. The van der Waals surface area contributed by atoms with E-state index in [9.17, 15) is 9.59 Å². The summed E-state index contributed by atoms with van der Waals surface area (Å²) in [5, 5.41) is 14.6. The van der Waals surface area contributed by atoms with Crippen molar-refractivity contribution in [1.82, 2.24) is 15.6 Å². The molecule has 9 heteroatoms. The van der Waals surface area contributed by atoms with E-state index in [4.69, 9.17) is 14.6 Å². The van der Waals surface area contributed by atoms with Gasteiger partial charge in [0.05, 0.1) is 12.6 Å². The molecule has 3 rings (SSSR count). The van der Waals surface area contributed by atoms with Crippen LogP contribution in [0.5, 0.6) is 5.75 Å². The van der Waals surface area contributed by atoms with E-state index in [1.165, 1.54) is 11.3 Å². The molecular formula is C23H25N3O5S. The smallest absolute Gasteiger partial charge is 0.407 e. The molecule has 1 unspecified atom stereocenters. The summed E-state index contributed by atoms with van der Waals surface area (Å²) in [5.74, 6) is 0.720. The molecule has 0 aliphatic carbocycles. The third-order valence-corrected chi connectivity index (χ3v) is 5.49. The number of alkyl carbamates (subject to hydrolysis) is 1. The van der Waals surface area contributed by atoms with Crippen molar-refractivity contribution in [1.29, 1.82) is 0 Å². The molecule has 0 saturated heterocycles. The third kappa shape index (κ3) is 7.59. The van der Waals surface area contributed by atoms with Crippen molar-refractivity contribution < 1.29 is 24.2 Å². The highest BCUT2D eigenvalue weighted by Crippen LogP contribution is 2.27. The summed E-state index contributed by atoms with van der Waals surface area (Å²) in [6.45, 7) is 2.86. The van der Waals surface area contributed by atoms with Gasteiger partial charge < -0.3 is 25.2 Å². The lowest BCUT2D eigenvalue weighted by Crippen LogP contribution is -2.28. The van der Waals surface area contributed by atoms with Gasteiger partial charge in [0.1, 0.15) is 17.4 Å². The molecule has 168 valence electrons. The van der Waals surface area contributed by atoms with Gasteiger partial charge in [-0.3, -0.25) is 0 Å². The molecule has 0 saturated carbocycles. The minimum Gasteiger partial charge on any atom is -0.491 e. The number of ether oxygens (including phenoxy) is 2. The fourth-order valence-corrected chi connectivity index (χ4v) is 3.66. The van der Waals surface area contributed by atoms with Crippen molar-refractivity contribution >= 4 is 23.5 Å². The molecule has 1 atom stereocenters. The fourth-order valence-electron chi connectivity index (χ4n) is 2.80. The zero-order chi connectivity index (χ0) is 22.8. The second-order valence-corrected chi connectivity index (χ2v) is 8.14. The molecule has 8 nitrogen and oxygen atoms in total. The molecule has 0 radical (unpaired) electrons. The average molecular weight is 456 g/mol. The topological polar surface area (TPSA) is 110 Å². The van der Waals surface area contributed by atoms with Crippen LogP contribution in [-0.4, -0.2) is 34.9 Å². The quantitative estimate of drug-likeness (QED) is 0.410. The summed E-state index contributed by atoms with van der Waals surface area (Å²) in [6.07, 6.45) is 0.694. The van der Waals surface area contributed by atoms with E-state index >= 15 is 0 Å². The van der Waals surface area contributed by atoms with E-state index in [1.807, 2.05) is 61.5 Å². The molecule has 0 aliphatic rings. The van der Waals surface area contributed by atoms with Crippen LogP contribution in [0.4, 0.5) is 9.59 Å². The summed E-state index contributed by atoms with van der Waals surface area (Å²) in [7, 11) is 0. The minimum atomic E-state index is -1.06. The number of rotatable bonds is 10. The molecule has 0 spiro atoms. The van der Waals surface area contributed by atoms with Crippen molar-refractivity contribution in [2.45, 2.75) is 32.6 Å². The number of carbonyl (C=O) groups is 2. The predicted molar refractivity (Wildman–Crippen MR) is 122 cm³/mol. The highest BCUT2D eigenvalue weighted by molar-refractivity contribution is 7.15. The average Bonchev–Trinajstić information content (AvgIpc) is 3.27. The number of thiazole rings is 1. The molecule has 1 aromatic heterocycles. The Bertz CT molecular complexity index is 1010. The van der Waals surface area contributed by atoms with E-state index in [2.05, 4.69) is 15.6 Å². The normalized spacial score (nSPS) is 11.4. The number of benzene rings is 2. The Labute approximate surface area is 190 Å². The van der Waals surface area contributed by atoms with E-state index in [-0.39, 0.29) is 19.3 Å². The first kappa shape index (κ1) is 23.1. The van der Waals surface area contributed by atoms with E-state index in [1.54, 1.807) is 6.20 Å². The van der Waals surface area contributed by atoms with Gasteiger partial charge in [0, 0.05) is 29.6 Å². The highest BCUT2D eigenvalue weighted by Gasteiger charge is 2.09. The highest BCUT2D eigenvalue weighted by atomic mass is 32.1. The summed E-state index contributed by atoms with van der Waals surface area (Å²) in [5.41, 5.74) is 1.87. The van der Waals surface area contributed by atoms with Gasteiger partial charge in [-0.2, -0.15) is 0 Å². The lowest BCUT2D eigenvalue weighted by atomic mass is 10.2. The molecule has 3 N–H and O–H groups in total. The van der Waals surface area contributed by atoms with E-state index in [0.29, 0.717) is 13.0 Å². The van der Waals surface area contributed by atoms with Crippen LogP contribution in [0.1, 0.15) is 23.8 Å². The zero-order valence-corrected chi connectivity index (χ0v) is 18.4. The molecule has 2 amide bonds. The summed E-state index contributed by atoms with van der Waals surface area (Å²) in [4.78, 5) is 27.6. The van der Waals surface area contributed by atoms with Gasteiger partial charge in [0.25, 0.3) is 0 Å². The molecule has 2 aromatic carbocycles. The largest absolute Gasteiger partial charge is 0.491 e. The van der Waals surface area contributed by atoms with Gasteiger partial charge in [-0.1, -0.05) is 30.3 Å². The van der Waals surface area contributed by atoms with Gasteiger partial charge in [-0.15, -0.1) is 11.3 Å². The molecule has 32 heavy (non-hydrogen) atoms. The lowest BCUT2D eigenvalue weighted by molar-refractivity contribution is 0.137. The predicted octanol–water partition coefficient (Wildman–Crippen LogP) is 4.66. The Morgan fingerprint density at radius 1 is 1.09 bits per heavy atom. The minimum absolute atomic E-state index is 0.0937. The third-order valence-electron chi connectivity index (χ3n) is 4.44. The van der Waals surface area contributed by atoms with Gasteiger partial charge in [-0.25, -0.2) is 14.6 Å². The number of nitrogens with one attached hydrogen (secondary N) is 2. The number of carboxylic acid groups (broad SMARTS) is 1. The first-order chi connectivity index (χ1) is 15.5. The first-order valence-corrected chi connectivity index (χ1v) is 10.9. The van der Waals surface area contributed by atoms with Crippen molar-refractivity contribution in [2.75, 3.05) is 6.54 Å². The maximum absolute atomic E-state index is 11.8. The van der Waals surface area contributed by atoms with Crippen LogP contribution in [-0.2, 0) is 17.9 Å². The number of hydrogen-bond acceptors (Lipinski definition) is 6. The lowest BCUT2D eigenvalue weighted by Gasteiger charge is -2.15. The van der Waals surface area contributed by atoms with Crippen molar-refractivity contribution in [3.8, 4) is 16.3 Å². The number of carbonyl (C=O) groups excluding carboxylic acids is 1. The van der Waals surface area contributed by atoms with Crippen LogP contribution in [0.2, 0.25) is 0 Å². The van der Waals surface area contributed by atoms with Gasteiger partial charge in [0.2, 0.25) is 0 Å². The van der Waals surface area contributed by atoms with Crippen molar-refractivity contribution in [3.05, 3.63) is 71.2 Å². The van der Waals surface area contributed by atoms with Crippen LogP contribution >= 0.6 is 11.3 Å². The fraction of sp³-hybridized carbons (Fsp3) is 0.261. The van der Waals surface area contributed by atoms with Crippen LogP contribution in [0.3, 0.4) is 0 Å². The Hall–Kier alpha value is -3.59. The Morgan fingerprint density at radius 3 is 2.56 bits per heavy atom. The summed E-state index contributed by atoms with van der Waals surface area (Å²) >= 11 is 1.43. The number of aromatic nitrogens is 1. The summed E-state index contributed by atoms with van der Waals surface area (Å²) < 4.78 is 11.1. The molecule has 0 aliphatic heterocycles. The first-order valence-electron chi connectivity index (χ1n) is 10.1. The Morgan fingerprint density at radius 2 is 1.84 bits per heavy atom. The van der Waals surface area contributed by atoms with Gasteiger partial charge in [0.15, 0.2) is 0 Å². The van der Waals surface area contributed by atoms with Gasteiger partial charge >= 0.3 is 12.2 Å². The van der Waals surface area contributed by atoms with Gasteiger partial charge in [-0.05, 0) is 36.8 Å². The molecule has 3 aromatic rings. The van der Waals surface area contributed by atoms with Crippen LogP contribution in [0.15, 0.2) is 60.8 Å². The SMILES string of the molecule is CC(CCNC(=O)OCc1ccccc1)Oc1ccc(-c2ncc(CNC(=O)O)s2)cc1. The van der Waals surface area contributed by atoms with Crippen molar-refractivity contribution in [2.24, 2.45) is 0 Å². The van der Waals surface area contributed by atoms with E-state index < -0.39 is 12.2 Å². The van der Waals surface area contributed by atoms with Crippen LogP contribution in [0, 0.1) is 0 Å². The van der Waals surface area contributed by atoms with Crippen LogP contribution in [0.25, 0.3) is 10.6 Å². The second kappa shape index (κ2) is 11.7. The molecular weight excluding hydrogens is 430 g/mol. The maximum atomic E-state index is 11.8. The molecule has 0 bridgehead atoms. The number of amides is 2. The second-order valence-electron chi connectivity index (χ2n) is 7.02. The number of hydrogen-bond donors (Lipinski definition) is 3. The maximum Gasteiger partial charge on any atom is 0.407 e. The van der Waals surface area contributed by atoms with E-state index in [0.717, 1.165) is 26.8 Å².